The highest BCUT2D eigenvalue weighted by Crippen LogP contribution is 2.25. The molecule has 0 spiro atoms. The van der Waals surface area contributed by atoms with E-state index in [-0.39, 0.29) is 18.0 Å². The van der Waals surface area contributed by atoms with Crippen LogP contribution < -0.4 is 0 Å². The molecule has 2 fully saturated rings. The van der Waals surface area contributed by atoms with E-state index < -0.39 is 0 Å². The molecule has 2 saturated heterocycles. The first-order valence-electron chi connectivity index (χ1n) is 9.30. The molecule has 7 heteroatoms. The van der Waals surface area contributed by atoms with Crippen LogP contribution in [0.25, 0.3) is 0 Å². The molecule has 3 heterocycles. The van der Waals surface area contributed by atoms with E-state index in [1.165, 1.54) is 7.11 Å². The van der Waals surface area contributed by atoms with E-state index in [0.717, 1.165) is 58.2 Å². The van der Waals surface area contributed by atoms with Gasteiger partial charge in [0.25, 0.3) is 0 Å². The van der Waals surface area contributed by atoms with Gasteiger partial charge in [0.2, 0.25) is 5.91 Å². The first kappa shape index (κ1) is 17.8. The van der Waals surface area contributed by atoms with E-state index in [9.17, 15) is 9.59 Å². The van der Waals surface area contributed by atoms with Gasteiger partial charge >= 0.3 is 6.09 Å². The summed E-state index contributed by atoms with van der Waals surface area (Å²) in [5, 5.41) is 4.24. The van der Waals surface area contributed by atoms with Crippen LogP contribution in [-0.4, -0.2) is 64.4 Å². The number of aromatic nitrogens is 2. The van der Waals surface area contributed by atoms with Gasteiger partial charge in [-0.1, -0.05) is 0 Å². The second-order valence-corrected chi connectivity index (χ2v) is 7.00. The summed E-state index contributed by atoms with van der Waals surface area (Å²) in [7, 11) is 1.38. The summed E-state index contributed by atoms with van der Waals surface area (Å²) in [4.78, 5) is 28.4. The van der Waals surface area contributed by atoms with Crippen molar-refractivity contribution in [3.8, 4) is 0 Å². The summed E-state index contributed by atoms with van der Waals surface area (Å²) in [5.41, 5.74) is 0. The predicted octanol–water partition coefficient (Wildman–Crippen LogP) is 2.13. The molecule has 2 amide bonds. The molecule has 0 aliphatic carbocycles. The van der Waals surface area contributed by atoms with Crippen molar-refractivity contribution in [3.63, 3.8) is 0 Å². The van der Waals surface area contributed by atoms with E-state index >= 15 is 0 Å². The quantitative estimate of drug-likeness (QED) is 0.836. The highest BCUT2D eigenvalue weighted by atomic mass is 16.5. The van der Waals surface area contributed by atoms with E-state index in [2.05, 4.69) is 5.10 Å². The third-order valence-corrected chi connectivity index (χ3v) is 5.45. The third kappa shape index (κ3) is 4.32. The van der Waals surface area contributed by atoms with Gasteiger partial charge < -0.3 is 9.64 Å². The molecule has 1 aromatic heterocycles. The maximum absolute atomic E-state index is 12.9. The SMILES string of the molecule is COC(=O)N1CCCC[C@@H]1C(=O)N1CCC(CCn2cccn2)CC1. The van der Waals surface area contributed by atoms with Crippen molar-refractivity contribution in [2.45, 2.75) is 51.1 Å². The van der Waals surface area contributed by atoms with Gasteiger partial charge in [-0.3, -0.25) is 14.4 Å². The van der Waals surface area contributed by atoms with Crippen molar-refractivity contribution in [1.29, 1.82) is 0 Å². The van der Waals surface area contributed by atoms with Gasteiger partial charge in [-0.25, -0.2) is 4.79 Å². The van der Waals surface area contributed by atoms with E-state index in [1.807, 2.05) is 21.8 Å². The fraction of sp³-hybridized carbons (Fsp3) is 0.722. The number of nitrogens with zero attached hydrogens (tertiary/aromatic N) is 4. The van der Waals surface area contributed by atoms with Crippen LogP contribution in [0.5, 0.6) is 0 Å². The number of amides is 2. The van der Waals surface area contributed by atoms with Crippen LogP contribution in [0, 0.1) is 5.92 Å². The minimum Gasteiger partial charge on any atom is -0.453 e. The van der Waals surface area contributed by atoms with Crippen LogP contribution >= 0.6 is 0 Å². The largest absolute Gasteiger partial charge is 0.453 e. The lowest BCUT2D eigenvalue weighted by Crippen LogP contribution is -2.54. The molecule has 0 aromatic carbocycles. The summed E-state index contributed by atoms with van der Waals surface area (Å²) in [6, 6.07) is 1.60. The van der Waals surface area contributed by atoms with Crippen LogP contribution in [-0.2, 0) is 16.1 Å². The van der Waals surface area contributed by atoms with Crippen molar-refractivity contribution in [1.82, 2.24) is 19.6 Å². The Balaban J connectivity index is 1.49. The summed E-state index contributed by atoms with van der Waals surface area (Å²) >= 11 is 0. The van der Waals surface area contributed by atoms with Crippen LogP contribution in [0.4, 0.5) is 4.79 Å². The molecular formula is C18H28N4O3. The number of piperidine rings is 2. The zero-order valence-corrected chi connectivity index (χ0v) is 15.0. The zero-order chi connectivity index (χ0) is 17.6. The Bertz CT molecular complexity index is 567. The number of methoxy groups -OCH3 is 1. The number of ether oxygens (including phenoxy) is 1. The zero-order valence-electron chi connectivity index (χ0n) is 15.0. The number of carbonyl (C=O) groups excluding carboxylic acids is 2. The number of rotatable bonds is 4. The lowest BCUT2D eigenvalue weighted by molar-refractivity contribution is -0.139. The first-order valence-corrected chi connectivity index (χ1v) is 9.30. The molecule has 0 radical (unpaired) electrons. The second kappa shape index (κ2) is 8.36. The first-order chi connectivity index (χ1) is 12.2. The Labute approximate surface area is 148 Å². The van der Waals surface area contributed by atoms with Gasteiger partial charge in [0, 0.05) is 38.6 Å². The summed E-state index contributed by atoms with van der Waals surface area (Å²) in [5.74, 6) is 0.729. The topological polar surface area (TPSA) is 67.7 Å². The molecule has 7 nitrogen and oxygen atoms in total. The number of aryl methyl sites for hydroxylation is 1. The summed E-state index contributed by atoms with van der Waals surface area (Å²) in [6.07, 6.45) is 9.23. The Kier molecular flexibility index (Phi) is 5.94. The van der Waals surface area contributed by atoms with Gasteiger partial charge in [-0.15, -0.1) is 0 Å². The maximum Gasteiger partial charge on any atom is 0.410 e. The number of hydrogen-bond donors (Lipinski definition) is 0. The summed E-state index contributed by atoms with van der Waals surface area (Å²) in [6.45, 7) is 3.12. The van der Waals surface area contributed by atoms with Crippen molar-refractivity contribution in [2.75, 3.05) is 26.7 Å². The van der Waals surface area contributed by atoms with E-state index in [0.29, 0.717) is 12.5 Å². The standard InChI is InChI=1S/C18H28N4O3/c1-25-18(24)22-11-3-2-5-16(22)17(23)20-12-6-15(7-13-20)8-14-21-10-4-9-19-21/h4,9-10,15-16H,2-3,5-8,11-14H2,1H3/t16-/m1/s1. The minimum absolute atomic E-state index is 0.0932. The normalized spacial score (nSPS) is 22.0. The highest BCUT2D eigenvalue weighted by molar-refractivity contribution is 5.86. The molecular weight excluding hydrogens is 320 g/mol. The lowest BCUT2D eigenvalue weighted by Gasteiger charge is -2.39. The number of carbonyl (C=O) groups is 2. The van der Waals surface area contributed by atoms with Crippen LogP contribution in [0.15, 0.2) is 18.5 Å². The van der Waals surface area contributed by atoms with Crippen LogP contribution in [0.1, 0.15) is 38.5 Å². The second-order valence-electron chi connectivity index (χ2n) is 7.00. The predicted molar refractivity (Wildman–Crippen MR) is 92.9 cm³/mol. The molecule has 2 aliphatic heterocycles. The highest BCUT2D eigenvalue weighted by Gasteiger charge is 2.36. The molecule has 0 unspecified atom stereocenters. The summed E-state index contributed by atoms with van der Waals surface area (Å²) < 4.78 is 6.82. The van der Waals surface area contributed by atoms with E-state index in [4.69, 9.17) is 4.74 Å². The average molecular weight is 348 g/mol. The minimum atomic E-state index is -0.382. The molecule has 1 atom stereocenters. The molecule has 2 aliphatic rings. The van der Waals surface area contributed by atoms with Gasteiger partial charge in [0.1, 0.15) is 6.04 Å². The Morgan fingerprint density at radius 3 is 2.64 bits per heavy atom. The van der Waals surface area contributed by atoms with Gasteiger partial charge in [0.15, 0.2) is 0 Å². The Morgan fingerprint density at radius 1 is 1.16 bits per heavy atom. The van der Waals surface area contributed by atoms with Crippen molar-refractivity contribution < 1.29 is 14.3 Å². The Morgan fingerprint density at radius 2 is 1.96 bits per heavy atom. The fourth-order valence-electron chi connectivity index (χ4n) is 3.92. The molecule has 0 bridgehead atoms. The lowest BCUT2D eigenvalue weighted by atomic mass is 9.92. The average Bonchev–Trinajstić information content (AvgIpc) is 3.19. The van der Waals surface area contributed by atoms with Crippen LogP contribution in [0.2, 0.25) is 0 Å². The monoisotopic (exact) mass is 348 g/mol. The smallest absolute Gasteiger partial charge is 0.410 e. The molecule has 3 rings (SSSR count). The molecule has 1 aromatic rings. The number of likely N-dealkylation sites (tertiary alicyclic amines) is 2. The molecule has 25 heavy (non-hydrogen) atoms. The van der Waals surface area contributed by atoms with Gasteiger partial charge in [-0.05, 0) is 50.5 Å². The molecule has 0 saturated carbocycles. The molecule has 0 N–H and O–H groups in total. The fourth-order valence-corrected chi connectivity index (χ4v) is 3.92. The van der Waals surface area contributed by atoms with Gasteiger partial charge in [-0.2, -0.15) is 5.10 Å². The van der Waals surface area contributed by atoms with E-state index in [1.54, 1.807) is 11.1 Å². The van der Waals surface area contributed by atoms with Crippen molar-refractivity contribution in [3.05, 3.63) is 18.5 Å². The molecule has 138 valence electrons. The number of hydrogen-bond acceptors (Lipinski definition) is 4. The third-order valence-electron chi connectivity index (χ3n) is 5.45. The van der Waals surface area contributed by atoms with Crippen molar-refractivity contribution in [2.24, 2.45) is 5.92 Å². The van der Waals surface area contributed by atoms with Crippen LogP contribution in [0.3, 0.4) is 0 Å². The van der Waals surface area contributed by atoms with Gasteiger partial charge in [0.05, 0.1) is 7.11 Å². The van der Waals surface area contributed by atoms with Crippen molar-refractivity contribution >= 4 is 12.0 Å². The maximum atomic E-state index is 12.9. The Hall–Kier alpha value is -2.05.